The second-order valence-electron chi connectivity index (χ2n) is 5.12. The molecule has 0 saturated carbocycles. The van der Waals surface area contributed by atoms with Crippen LogP contribution in [-0.4, -0.2) is 30.2 Å². The lowest BCUT2D eigenvalue weighted by Gasteiger charge is -2.16. The summed E-state index contributed by atoms with van der Waals surface area (Å²) in [7, 11) is 1.57. The van der Waals surface area contributed by atoms with Crippen molar-refractivity contribution in [2.45, 2.75) is 19.6 Å². The van der Waals surface area contributed by atoms with Crippen LogP contribution in [0.3, 0.4) is 0 Å². The van der Waals surface area contributed by atoms with Gasteiger partial charge in [0, 0.05) is 12.1 Å². The molecule has 0 heterocycles. The van der Waals surface area contributed by atoms with Crippen LogP contribution in [0.4, 0.5) is 0 Å². The lowest BCUT2D eigenvalue weighted by Crippen LogP contribution is -2.36. The molecule has 0 aromatic heterocycles. The standard InChI is InChI=1S/C18H19NO5/c1-12(24-15-8-5-7-13(10-15)18(21)22)17(20)19-11-14-6-3-4-9-16(14)23-2/h3-10,12H,11H2,1-2H3,(H,19,20)(H,21,22). The molecule has 2 rings (SSSR count). The van der Waals surface area contributed by atoms with Crippen molar-refractivity contribution in [1.29, 1.82) is 0 Å². The number of aromatic carboxylic acids is 1. The average Bonchev–Trinajstić information content (AvgIpc) is 2.60. The van der Waals surface area contributed by atoms with Gasteiger partial charge in [-0.1, -0.05) is 24.3 Å². The third-order valence-electron chi connectivity index (χ3n) is 3.41. The third kappa shape index (κ3) is 4.49. The summed E-state index contributed by atoms with van der Waals surface area (Å²) in [4.78, 5) is 23.1. The number of carboxylic acids is 1. The first-order valence-electron chi connectivity index (χ1n) is 7.41. The summed E-state index contributed by atoms with van der Waals surface area (Å²) in [6.45, 7) is 1.91. The maximum absolute atomic E-state index is 12.1. The number of carbonyl (C=O) groups excluding carboxylic acids is 1. The number of carbonyl (C=O) groups is 2. The zero-order chi connectivity index (χ0) is 17.5. The number of hydrogen-bond acceptors (Lipinski definition) is 4. The minimum atomic E-state index is -1.05. The van der Waals surface area contributed by atoms with Crippen molar-refractivity contribution in [3.05, 3.63) is 59.7 Å². The fourth-order valence-corrected chi connectivity index (χ4v) is 2.14. The first-order valence-corrected chi connectivity index (χ1v) is 7.41. The molecule has 0 spiro atoms. The lowest BCUT2D eigenvalue weighted by atomic mass is 10.2. The molecular weight excluding hydrogens is 310 g/mol. The molecule has 2 aromatic rings. The fraction of sp³-hybridized carbons (Fsp3) is 0.222. The average molecular weight is 329 g/mol. The van der Waals surface area contributed by atoms with E-state index in [1.54, 1.807) is 26.2 Å². The van der Waals surface area contributed by atoms with Crippen LogP contribution in [0, 0.1) is 0 Å². The van der Waals surface area contributed by atoms with Crippen LogP contribution in [0.25, 0.3) is 0 Å². The van der Waals surface area contributed by atoms with Crippen LogP contribution in [-0.2, 0) is 11.3 Å². The van der Waals surface area contributed by atoms with E-state index < -0.39 is 12.1 Å². The van der Waals surface area contributed by atoms with Gasteiger partial charge in [-0.15, -0.1) is 0 Å². The highest BCUT2D eigenvalue weighted by Gasteiger charge is 2.15. The molecule has 1 amide bonds. The van der Waals surface area contributed by atoms with Crippen LogP contribution in [0.1, 0.15) is 22.8 Å². The SMILES string of the molecule is COc1ccccc1CNC(=O)C(C)Oc1cccc(C(=O)O)c1. The van der Waals surface area contributed by atoms with Gasteiger partial charge in [0.05, 0.1) is 12.7 Å². The molecule has 6 heteroatoms. The Morgan fingerprint density at radius 2 is 1.92 bits per heavy atom. The molecule has 1 atom stereocenters. The smallest absolute Gasteiger partial charge is 0.335 e. The van der Waals surface area contributed by atoms with Crippen molar-refractivity contribution in [3.8, 4) is 11.5 Å². The Hall–Kier alpha value is -3.02. The number of ether oxygens (including phenoxy) is 2. The number of methoxy groups -OCH3 is 1. The summed E-state index contributed by atoms with van der Waals surface area (Å²) < 4.78 is 10.7. The van der Waals surface area contributed by atoms with Crippen LogP contribution in [0.5, 0.6) is 11.5 Å². The van der Waals surface area contributed by atoms with Crippen molar-refractivity contribution >= 4 is 11.9 Å². The summed E-state index contributed by atoms with van der Waals surface area (Å²) in [6.07, 6.45) is -0.760. The van der Waals surface area contributed by atoms with Crippen LogP contribution in [0.2, 0.25) is 0 Å². The Kier molecular flexibility index (Phi) is 5.78. The van der Waals surface area contributed by atoms with Gasteiger partial charge in [0.15, 0.2) is 6.10 Å². The molecule has 24 heavy (non-hydrogen) atoms. The van der Waals surface area contributed by atoms with Gasteiger partial charge in [0.1, 0.15) is 11.5 Å². The van der Waals surface area contributed by atoms with E-state index in [4.69, 9.17) is 14.6 Å². The topological polar surface area (TPSA) is 84.9 Å². The van der Waals surface area contributed by atoms with Crippen molar-refractivity contribution in [3.63, 3.8) is 0 Å². The van der Waals surface area contributed by atoms with Gasteiger partial charge < -0.3 is 19.9 Å². The molecule has 0 aliphatic rings. The van der Waals surface area contributed by atoms with Crippen LogP contribution in [0.15, 0.2) is 48.5 Å². The number of benzene rings is 2. The molecule has 1 unspecified atom stereocenters. The molecular formula is C18H19NO5. The number of para-hydroxylation sites is 1. The lowest BCUT2D eigenvalue weighted by molar-refractivity contribution is -0.127. The highest BCUT2D eigenvalue weighted by Crippen LogP contribution is 2.17. The first-order chi connectivity index (χ1) is 11.5. The van der Waals surface area contributed by atoms with E-state index in [2.05, 4.69) is 5.32 Å². The van der Waals surface area contributed by atoms with E-state index >= 15 is 0 Å². The Bertz CT molecular complexity index is 729. The Morgan fingerprint density at radius 3 is 2.62 bits per heavy atom. The van der Waals surface area contributed by atoms with E-state index in [1.807, 2.05) is 24.3 Å². The zero-order valence-electron chi connectivity index (χ0n) is 13.5. The normalized spacial score (nSPS) is 11.4. The highest BCUT2D eigenvalue weighted by molar-refractivity contribution is 5.88. The predicted octanol–water partition coefficient (Wildman–Crippen LogP) is 2.48. The molecule has 0 aliphatic carbocycles. The fourth-order valence-electron chi connectivity index (χ4n) is 2.14. The molecule has 0 saturated heterocycles. The van der Waals surface area contributed by atoms with Gasteiger partial charge in [0.25, 0.3) is 5.91 Å². The summed E-state index contributed by atoms with van der Waals surface area (Å²) in [5, 5.41) is 11.7. The van der Waals surface area contributed by atoms with Gasteiger partial charge >= 0.3 is 5.97 Å². The summed E-state index contributed by atoms with van der Waals surface area (Å²) in [6, 6.07) is 13.4. The minimum absolute atomic E-state index is 0.106. The van der Waals surface area contributed by atoms with Crippen molar-refractivity contribution < 1.29 is 24.2 Å². The largest absolute Gasteiger partial charge is 0.496 e. The molecule has 0 fully saturated rings. The Labute approximate surface area is 140 Å². The highest BCUT2D eigenvalue weighted by atomic mass is 16.5. The van der Waals surface area contributed by atoms with Crippen molar-refractivity contribution in [2.24, 2.45) is 0 Å². The quantitative estimate of drug-likeness (QED) is 0.815. The van der Waals surface area contributed by atoms with Gasteiger partial charge in [0.2, 0.25) is 0 Å². The predicted molar refractivity (Wildman–Crippen MR) is 88.3 cm³/mol. The van der Waals surface area contributed by atoms with Gasteiger partial charge in [-0.05, 0) is 31.2 Å². The van der Waals surface area contributed by atoms with Crippen LogP contribution < -0.4 is 14.8 Å². The first kappa shape index (κ1) is 17.3. The number of hydrogen-bond donors (Lipinski definition) is 2. The summed E-state index contributed by atoms with van der Waals surface area (Å²) in [5.74, 6) is -0.328. The second kappa shape index (κ2) is 8.01. The summed E-state index contributed by atoms with van der Waals surface area (Å²) >= 11 is 0. The Morgan fingerprint density at radius 1 is 1.17 bits per heavy atom. The molecule has 0 aliphatic heterocycles. The summed E-state index contributed by atoms with van der Waals surface area (Å²) in [5.41, 5.74) is 0.961. The molecule has 0 bridgehead atoms. The monoisotopic (exact) mass is 329 g/mol. The van der Waals surface area contributed by atoms with Crippen LogP contribution >= 0.6 is 0 Å². The van der Waals surface area contributed by atoms with E-state index in [-0.39, 0.29) is 11.5 Å². The maximum atomic E-state index is 12.1. The van der Waals surface area contributed by atoms with E-state index in [9.17, 15) is 9.59 Å². The molecule has 2 aromatic carbocycles. The molecule has 2 N–H and O–H groups in total. The molecule has 126 valence electrons. The van der Waals surface area contributed by atoms with E-state index in [1.165, 1.54) is 12.1 Å². The van der Waals surface area contributed by atoms with Gasteiger partial charge in [-0.3, -0.25) is 4.79 Å². The second-order valence-corrected chi connectivity index (χ2v) is 5.12. The Balaban J connectivity index is 1.95. The number of carboxylic acid groups (broad SMARTS) is 1. The van der Waals surface area contributed by atoms with Crippen molar-refractivity contribution in [1.82, 2.24) is 5.32 Å². The van der Waals surface area contributed by atoms with E-state index in [0.29, 0.717) is 18.0 Å². The number of nitrogens with one attached hydrogen (secondary N) is 1. The van der Waals surface area contributed by atoms with Gasteiger partial charge in [-0.25, -0.2) is 4.79 Å². The number of amides is 1. The maximum Gasteiger partial charge on any atom is 0.335 e. The van der Waals surface area contributed by atoms with Crippen molar-refractivity contribution in [2.75, 3.05) is 7.11 Å². The van der Waals surface area contributed by atoms with E-state index in [0.717, 1.165) is 5.56 Å². The third-order valence-corrected chi connectivity index (χ3v) is 3.41. The molecule has 0 radical (unpaired) electrons. The number of rotatable bonds is 7. The molecule has 6 nitrogen and oxygen atoms in total. The minimum Gasteiger partial charge on any atom is -0.496 e. The van der Waals surface area contributed by atoms with Gasteiger partial charge in [-0.2, -0.15) is 0 Å². The zero-order valence-corrected chi connectivity index (χ0v) is 13.5.